The quantitative estimate of drug-likeness (QED) is 0.493. The summed E-state index contributed by atoms with van der Waals surface area (Å²) in [5.41, 5.74) is 0.582. The normalized spacial score (nSPS) is 11.8. The molecule has 0 aromatic carbocycles. The van der Waals surface area contributed by atoms with E-state index in [0.717, 1.165) is 0 Å². The van der Waals surface area contributed by atoms with Crippen LogP contribution in [-0.2, 0) is 0 Å². The van der Waals surface area contributed by atoms with Gasteiger partial charge in [0.1, 0.15) is 5.76 Å². The number of nitrogens with zero attached hydrogens (tertiary/aromatic N) is 3. The highest BCUT2D eigenvalue weighted by Gasteiger charge is 2.29. The Labute approximate surface area is 119 Å². The number of furan rings is 1. The minimum absolute atomic E-state index is 0.116. The molecule has 5 nitrogen and oxygen atoms in total. The molecule has 0 fully saturated rings. The molecule has 0 atom stereocenters. The zero-order chi connectivity index (χ0) is 14.6. The molecule has 0 aliphatic heterocycles. The Balaban J connectivity index is 2.27. The smallest absolute Gasteiger partial charge is 0.265 e. The van der Waals surface area contributed by atoms with Gasteiger partial charge in [0.2, 0.25) is 0 Å². The van der Waals surface area contributed by atoms with Crippen molar-refractivity contribution in [2.45, 2.75) is 19.6 Å². The highest BCUT2D eigenvalue weighted by molar-refractivity contribution is 6.75. The molecule has 2 aromatic rings. The number of pyridine rings is 1. The molecule has 2 rings (SSSR count). The molecule has 0 aliphatic rings. The Morgan fingerprint density at radius 1 is 1.30 bits per heavy atom. The first-order valence-electron chi connectivity index (χ1n) is 6.30. The van der Waals surface area contributed by atoms with Gasteiger partial charge in [0.25, 0.3) is 5.91 Å². The fraction of sp³-hybridized carbons (Fsp3) is 0.214. The van der Waals surface area contributed by atoms with Gasteiger partial charge in [-0.3, -0.25) is 14.5 Å². The molecule has 0 radical (unpaired) electrons. The van der Waals surface area contributed by atoms with Gasteiger partial charge in [-0.2, -0.15) is 5.10 Å². The molecule has 2 heterocycles. The predicted molar refractivity (Wildman–Crippen MR) is 80.1 cm³/mol. The van der Waals surface area contributed by atoms with E-state index in [0.29, 0.717) is 11.3 Å². The third-order valence-corrected chi connectivity index (χ3v) is 4.19. The van der Waals surface area contributed by atoms with E-state index in [1.165, 1.54) is 0 Å². The number of hydrogen-bond acceptors (Lipinski definition) is 4. The lowest BCUT2D eigenvalue weighted by Gasteiger charge is -2.29. The van der Waals surface area contributed by atoms with Crippen LogP contribution in [0.4, 0.5) is 0 Å². The monoisotopic (exact) mass is 287 g/mol. The van der Waals surface area contributed by atoms with Crippen molar-refractivity contribution in [3.8, 4) is 0 Å². The Morgan fingerprint density at radius 2 is 2.00 bits per heavy atom. The summed E-state index contributed by atoms with van der Waals surface area (Å²) in [6, 6.07) is 6.96. The van der Waals surface area contributed by atoms with E-state index < -0.39 is 8.24 Å². The summed E-state index contributed by atoms with van der Waals surface area (Å²) in [4.78, 5) is 16.5. The molecule has 104 valence electrons. The van der Waals surface area contributed by atoms with Crippen LogP contribution >= 0.6 is 0 Å². The summed E-state index contributed by atoms with van der Waals surface area (Å²) in [5.74, 6) is 0.505. The average molecular weight is 287 g/mol. The standard InChI is InChI=1S/C14H17N3O2Si/c1-20(2,3)17(16-11-13-5-4-10-19-13)14(18)12-6-8-15-9-7-12/h4-11H,1-3H3/b16-11+. The van der Waals surface area contributed by atoms with E-state index in [2.05, 4.69) is 29.7 Å². The van der Waals surface area contributed by atoms with Crippen molar-refractivity contribution in [3.05, 3.63) is 54.2 Å². The number of hydrazone groups is 1. The zero-order valence-electron chi connectivity index (χ0n) is 11.8. The highest BCUT2D eigenvalue weighted by atomic mass is 28.3. The van der Waals surface area contributed by atoms with E-state index in [-0.39, 0.29) is 5.91 Å². The molecule has 0 unspecified atom stereocenters. The SMILES string of the molecule is C[Si](C)(C)N(/N=C/c1ccco1)C(=O)c1ccncc1. The molecule has 0 saturated heterocycles. The minimum Gasteiger partial charge on any atom is -0.463 e. The van der Waals surface area contributed by atoms with Crippen LogP contribution < -0.4 is 0 Å². The summed E-state index contributed by atoms with van der Waals surface area (Å²) in [5, 5.41) is 4.32. The maximum absolute atomic E-state index is 12.5. The van der Waals surface area contributed by atoms with Gasteiger partial charge in [0, 0.05) is 18.0 Å². The summed E-state index contributed by atoms with van der Waals surface area (Å²) >= 11 is 0. The molecule has 6 heteroatoms. The van der Waals surface area contributed by atoms with Gasteiger partial charge in [-0.15, -0.1) is 0 Å². The molecule has 0 aliphatic carbocycles. The van der Waals surface area contributed by atoms with Crippen molar-refractivity contribution >= 4 is 20.4 Å². The molecule has 2 aromatic heterocycles. The van der Waals surface area contributed by atoms with E-state index in [4.69, 9.17) is 4.42 Å². The number of carbonyl (C=O) groups is 1. The fourth-order valence-electron chi connectivity index (χ4n) is 1.63. The maximum Gasteiger partial charge on any atom is 0.265 e. The number of carbonyl (C=O) groups excluding carboxylic acids is 1. The maximum atomic E-state index is 12.5. The third kappa shape index (κ3) is 3.42. The van der Waals surface area contributed by atoms with E-state index in [1.807, 2.05) is 0 Å². The number of amides is 1. The van der Waals surface area contributed by atoms with Crippen molar-refractivity contribution in [1.82, 2.24) is 9.66 Å². The molecule has 0 N–H and O–H groups in total. The van der Waals surface area contributed by atoms with Gasteiger partial charge in [-0.25, -0.2) is 0 Å². The van der Waals surface area contributed by atoms with Gasteiger partial charge in [-0.05, 0) is 43.9 Å². The Hall–Kier alpha value is -2.21. The van der Waals surface area contributed by atoms with Crippen LogP contribution in [-0.4, -0.2) is 30.0 Å². The first kappa shape index (κ1) is 14.2. The van der Waals surface area contributed by atoms with Gasteiger partial charge in [0.05, 0.1) is 12.5 Å². The predicted octanol–water partition coefficient (Wildman–Crippen LogP) is 2.99. The van der Waals surface area contributed by atoms with E-state index in [9.17, 15) is 4.79 Å². The van der Waals surface area contributed by atoms with E-state index in [1.54, 1.807) is 53.8 Å². The second-order valence-corrected chi connectivity index (χ2v) is 10.0. The molecular weight excluding hydrogens is 270 g/mol. The van der Waals surface area contributed by atoms with Crippen LogP contribution in [0.1, 0.15) is 16.1 Å². The summed E-state index contributed by atoms with van der Waals surface area (Å²) in [6.07, 6.45) is 6.35. The average Bonchev–Trinajstić information content (AvgIpc) is 2.91. The summed E-state index contributed by atoms with van der Waals surface area (Å²) in [6.45, 7) is 6.18. The third-order valence-electron chi connectivity index (χ3n) is 2.60. The number of rotatable bonds is 4. The van der Waals surface area contributed by atoms with Crippen LogP contribution in [0.15, 0.2) is 52.4 Å². The largest absolute Gasteiger partial charge is 0.463 e. The van der Waals surface area contributed by atoms with Crippen LogP contribution in [0.3, 0.4) is 0 Å². The second kappa shape index (κ2) is 5.83. The van der Waals surface area contributed by atoms with Crippen LogP contribution in [0.2, 0.25) is 19.6 Å². The van der Waals surface area contributed by atoms with Crippen LogP contribution in [0.25, 0.3) is 0 Å². The number of aromatic nitrogens is 1. The lowest BCUT2D eigenvalue weighted by Crippen LogP contribution is -2.46. The second-order valence-electron chi connectivity index (χ2n) is 5.28. The first-order valence-corrected chi connectivity index (χ1v) is 9.75. The van der Waals surface area contributed by atoms with Crippen molar-refractivity contribution in [1.29, 1.82) is 0 Å². The Kier molecular flexibility index (Phi) is 4.14. The van der Waals surface area contributed by atoms with Gasteiger partial charge < -0.3 is 4.42 Å². The minimum atomic E-state index is -1.94. The highest BCUT2D eigenvalue weighted by Crippen LogP contribution is 2.15. The van der Waals surface area contributed by atoms with Crippen LogP contribution in [0.5, 0.6) is 0 Å². The summed E-state index contributed by atoms with van der Waals surface area (Å²) in [7, 11) is -1.94. The Morgan fingerprint density at radius 3 is 2.55 bits per heavy atom. The molecule has 0 spiro atoms. The topological polar surface area (TPSA) is 58.7 Å². The van der Waals surface area contributed by atoms with Gasteiger partial charge in [-0.1, -0.05) is 0 Å². The van der Waals surface area contributed by atoms with Crippen molar-refractivity contribution in [2.24, 2.45) is 5.10 Å². The van der Waals surface area contributed by atoms with Gasteiger partial charge in [0.15, 0.2) is 8.24 Å². The molecule has 0 saturated carbocycles. The molecule has 1 amide bonds. The van der Waals surface area contributed by atoms with Crippen molar-refractivity contribution < 1.29 is 9.21 Å². The van der Waals surface area contributed by atoms with Gasteiger partial charge >= 0.3 is 0 Å². The fourth-order valence-corrected chi connectivity index (χ4v) is 2.77. The van der Waals surface area contributed by atoms with E-state index >= 15 is 0 Å². The molecular formula is C14H17N3O2Si. The lowest BCUT2D eigenvalue weighted by molar-refractivity contribution is 0.0854. The van der Waals surface area contributed by atoms with Crippen molar-refractivity contribution in [3.63, 3.8) is 0 Å². The number of hydrogen-bond donors (Lipinski definition) is 0. The lowest BCUT2D eigenvalue weighted by atomic mass is 10.3. The molecule has 20 heavy (non-hydrogen) atoms. The van der Waals surface area contributed by atoms with Crippen molar-refractivity contribution in [2.75, 3.05) is 0 Å². The summed E-state index contributed by atoms with van der Waals surface area (Å²) < 4.78 is 6.77. The first-order chi connectivity index (χ1) is 9.48. The molecule has 0 bridgehead atoms. The van der Waals surface area contributed by atoms with Crippen LogP contribution in [0, 0.1) is 0 Å². The zero-order valence-corrected chi connectivity index (χ0v) is 12.8. The Bertz CT molecular complexity index is 589.